The van der Waals surface area contributed by atoms with E-state index in [0.717, 1.165) is 17.7 Å². The van der Waals surface area contributed by atoms with Gasteiger partial charge in [0, 0.05) is 47.6 Å². The summed E-state index contributed by atoms with van der Waals surface area (Å²) in [5.41, 5.74) is 2.29. The molecule has 37 heavy (non-hydrogen) atoms. The fraction of sp³-hybridized carbons (Fsp3) is 0.185. The van der Waals surface area contributed by atoms with Crippen LogP contribution in [0.5, 0.6) is 0 Å². The van der Waals surface area contributed by atoms with Crippen LogP contribution < -0.4 is 10.6 Å². The number of carbonyl (C=O) groups excluding carboxylic acids is 1. The van der Waals surface area contributed by atoms with Gasteiger partial charge in [-0.05, 0) is 56.7 Å². The molecule has 0 unspecified atom stereocenters. The molecular weight excluding hydrogens is 481 g/mol. The van der Waals surface area contributed by atoms with Gasteiger partial charge in [0.2, 0.25) is 5.95 Å². The van der Waals surface area contributed by atoms with E-state index in [1.807, 2.05) is 13.8 Å². The first kappa shape index (κ1) is 25.4. The van der Waals surface area contributed by atoms with E-state index in [2.05, 4.69) is 37.4 Å². The third-order valence-corrected chi connectivity index (χ3v) is 5.34. The van der Waals surface area contributed by atoms with Crippen LogP contribution in [-0.2, 0) is 6.18 Å². The molecule has 2 heterocycles. The van der Waals surface area contributed by atoms with Gasteiger partial charge in [0.15, 0.2) is 0 Å². The highest BCUT2D eigenvalue weighted by Gasteiger charge is 2.31. The van der Waals surface area contributed by atoms with Crippen LogP contribution in [0.1, 0.15) is 45.2 Å². The summed E-state index contributed by atoms with van der Waals surface area (Å²) in [6.45, 7) is 6.22. The molecule has 0 saturated heterocycles. The van der Waals surface area contributed by atoms with Crippen molar-refractivity contribution in [3.63, 3.8) is 0 Å². The highest BCUT2D eigenvalue weighted by Crippen LogP contribution is 2.33. The smallest absolute Gasteiger partial charge is 0.355 e. The average Bonchev–Trinajstić information content (AvgIpc) is 3.30. The molecule has 0 bridgehead atoms. The fourth-order valence-electron chi connectivity index (χ4n) is 3.44. The highest BCUT2D eigenvalue weighted by molar-refractivity contribution is 6.04. The van der Waals surface area contributed by atoms with E-state index < -0.39 is 17.6 Å². The number of aromatic nitrogens is 4. The van der Waals surface area contributed by atoms with Crippen LogP contribution in [0, 0.1) is 25.7 Å². The number of hydrogen-bond acceptors (Lipinski definition) is 5. The van der Waals surface area contributed by atoms with E-state index in [0.29, 0.717) is 29.3 Å². The molecular formula is C27H23F3N6O. The van der Waals surface area contributed by atoms with Gasteiger partial charge in [0.25, 0.3) is 5.91 Å². The summed E-state index contributed by atoms with van der Waals surface area (Å²) in [5.74, 6) is 5.92. The minimum atomic E-state index is -4.59. The topological polar surface area (TPSA) is 84.7 Å². The predicted octanol–water partition coefficient (Wildman–Crippen LogP) is 5.38. The maximum absolute atomic E-state index is 13.5. The zero-order valence-electron chi connectivity index (χ0n) is 20.3. The number of anilines is 2. The molecule has 2 aromatic carbocycles. The van der Waals surface area contributed by atoms with Gasteiger partial charge in [-0.2, -0.15) is 13.2 Å². The van der Waals surface area contributed by atoms with Crippen molar-refractivity contribution in [2.24, 2.45) is 0 Å². The lowest BCUT2D eigenvalue weighted by molar-refractivity contribution is -0.137. The molecule has 2 aromatic heterocycles. The van der Waals surface area contributed by atoms with Crippen LogP contribution in [0.25, 0.3) is 5.69 Å². The molecule has 0 aliphatic heterocycles. The first-order valence-corrected chi connectivity index (χ1v) is 11.4. The molecule has 2 N–H and O–H groups in total. The Labute approximate surface area is 211 Å². The van der Waals surface area contributed by atoms with Gasteiger partial charge in [0.1, 0.15) is 0 Å². The second-order valence-electron chi connectivity index (χ2n) is 8.25. The molecule has 1 amide bonds. The largest absolute Gasteiger partial charge is 0.416 e. The van der Waals surface area contributed by atoms with Gasteiger partial charge in [-0.1, -0.05) is 17.9 Å². The Morgan fingerprint density at radius 2 is 1.78 bits per heavy atom. The zero-order valence-corrected chi connectivity index (χ0v) is 20.3. The van der Waals surface area contributed by atoms with Crippen molar-refractivity contribution in [2.45, 2.75) is 26.9 Å². The van der Waals surface area contributed by atoms with Crippen molar-refractivity contribution in [1.29, 1.82) is 0 Å². The number of imidazole rings is 1. The Morgan fingerprint density at radius 1 is 1.03 bits per heavy atom. The summed E-state index contributed by atoms with van der Waals surface area (Å²) in [7, 11) is 0. The lowest BCUT2D eigenvalue weighted by Crippen LogP contribution is -2.14. The molecule has 188 valence electrons. The first-order valence-electron chi connectivity index (χ1n) is 11.4. The highest BCUT2D eigenvalue weighted by atomic mass is 19.4. The lowest BCUT2D eigenvalue weighted by atomic mass is 10.0. The van der Waals surface area contributed by atoms with E-state index in [9.17, 15) is 18.0 Å². The average molecular weight is 505 g/mol. The van der Waals surface area contributed by atoms with Crippen molar-refractivity contribution in [3.8, 4) is 17.5 Å². The molecule has 4 aromatic rings. The van der Waals surface area contributed by atoms with E-state index in [1.54, 1.807) is 43.7 Å². The van der Waals surface area contributed by atoms with E-state index in [1.165, 1.54) is 17.0 Å². The first-order chi connectivity index (χ1) is 17.6. The quantitative estimate of drug-likeness (QED) is 0.357. The van der Waals surface area contributed by atoms with Gasteiger partial charge in [0.05, 0.1) is 23.1 Å². The summed E-state index contributed by atoms with van der Waals surface area (Å²) >= 11 is 0. The summed E-state index contributed by atoms with van der Waals surface area (Å²) in [4.78, 5) is 25.4. The van der Waals surface area contributed by atoms with Gasteiger partial charge in [-0.25, -0.2) is 15.0 Å². The number of aryl methyl sites for hydroxylation is 2. The monoisotopic (exact) mass is 504 g/mol. The Kier molecular flexibility index (Phi) is 7.25. The lowest BCUT2D eigenvalue weighted by Gasteiger charge is -2.14. The molecule has 0 spiro atoms. The number of halogens is 3. The van der Waals surface area contributed by atoms with Crippen LogP contribution in [0.15, 0.2) is 61.3 Å². The number of amides is 1. The van der Waals surface area contributed by atoms with Gasteiger partial charge in [-0.3, -0.25) is 4.79 Å². The molecule has 0 aliphatic carbocycles. The van der Waals surface area contributed by atoms with Gasteiger partial charge < -0.3 is 15.2 Å². The van der Waals surface area contributed by atoms with Crippen molar-refractivity contribution >= 4 is 17.5 Å². The number of nitrogens with zero attached hydrogens (tertiary/aromatic N) is 4. The molecule has 0 fully saturated rings. The van der Waals surface area contributed by atoms with Gasteiger partial charge in [-0.15, -0.1) is 0 Å². The number of alkyl halides is 3. The second-order valence-corrected chi connectivity index (χ2v) is 8.25. The van der Waals surface area contributed by atoms with Crippen LogP contribution in [-0.4, -0.2) is 32.0 Å². The van der Waals surface area contributed by atoms with E-state index in [-0.39, 0.29) is 16.9 Å². The molecule has 4 rings (SSSR count). The zero-order chi connectivity index (χ0) is 26.6. The molecule has 0 aliphatic rings. The number of hydrogen-bond donors (Lipinski definition) is 2. The van der Waals surface area contributed by atoms with Crippen LogP contribution in [0.4, 0.5) is 24.8 Å². The Hall–Kier alpha value is -4.65. The summed E-state index contributed by atoms with van der Waals surface area (Å²) in [6, 6.07) is 8.29. The maximum Gasteiger partial charge on any atom is 0.416 e. The normalized spacial score (nSPS) is 11.0. The van der Waals surface area contributed by atoms with Crippen molar-refractivity contribution in [1.82, 2.24) is 19.5 Å². The predicted molar refractivity (Wildman–Crippen MR) is 135 cm³/mol. The number of benzene rings is 2. The number of nitrogens with one attached hydrogen (secondary N) is 2. The molecule has 0 radical (unpaired) electrons. The van der Waals surface area contributed by atoms with Gasteiger partial charge >= 0.3 is 6.18 Å². The Morgan fingerprint density at radius 3 is 2.43 bits per heavy atom. The SMILES string of the molecule is CCNc1ncc(C#Cc2cc(C(=O)Nc3cc(-n4cnc(C)c4)cc(C(F)(F)F)c3)ccc2C)cn1. The van der Waals surface area contributed by atoms with Crippen molar-refractivity contribution in [3.05, 3.63) is 94.8 Å². The Balaban J connectivity index is 1.60. The minimum absolute atomic E-state index is 0.00677. The van der Waals surface area contributed by atoms with Crippen molar-refractivity contribution < 1.29 is 18.0 Å². The van der Waals surface area contributed by atoms with Crippen LogP contribution in [0.3, 0.4) is 0 Å². The standard InChI is InChI=1S/C27H23F3N6O/c1-4-31-26-32-13-19(14-33-26)6-8-20-9-21(7-5-17(20)2)25(37)35-23-10-22(27(28,29)30)11-24(12-23)36-15-18(3)34-16-36/h5,7,9-16H,4H2,1-3H3,(H,35,37)(H,31,32,33). The summed E-state index contributed by atoms with van der Waals surface area (Å²) < 4.78 is 42.1. The van der Waals surface area contributed by atoms with Crippen LogP contribution in [0.2, 0.25) is 0 Å². The third-order valence-electron chi connectivity index (χ3n) is 5.34. The summed E-state index contributed by atoms with van der Waals surface area (Å²) in [6.07, 6.45) is 1.62. The number of rotatable bonds is 5. The molecule has 7 nitrogen and oxygen atoms in total. The second kappa shape index (κ2) is 10.5. The fourth-order valence-corrected chi connectivity index (χ4v) is 3.44. The van der Waals surface area contributed by atoms with Crippen LogP contribution >= 0.6 is 0 Å². The molecule has 0 atom stereocenters. The third kappa shape index (κ3) is 6.32. The molecule has 0 saturated carbocycles. The van der Waals surface area contributed by atoms with Crippen molar-refractivity contribution in [2.75, 3.05) is 17.2 Å². The number of carbonyl (C=O) groups is 1. The van der Waals surface area contributed by atoms with E-state index >= 15 is 0 Å². The summed E-state index contributed by atoms with van der Waals surface area (Å²) in [5, 5.41) is 5.58. The molecule has 10 heteroatoms. The Bertz CT molecular complexity index is 1500. The minimum Gasteiger partial charge on any atom is -0.355 e. The maximum atomic E-state index is 13.5. The van der Waals surface area contributed by atoms with E-state index in [4.69, 9.17) is 0 Å².